The van der Waals surface area contributed by atoms with E-state index < -0.39 is 0 Å². The molecule has 1 aliphatic heterocycles. The monoisotopic (exact) mass is 249 g/mol. The number of hydrogen-bond donors (Lipinski definition) is 2. The fraction of sp³-hybridized carbons (Fsp3) is 0.500. The van der Waals surface area contributed by atoms with Crippen molar-refractivity contribution in [1.29, 1.82) is 0 Å². The molecule has 0 saturated carbocycles. The lowest BCUT2D eigenvalue weighted by atomic mass is 9.98. The van der Waals surface area contributed by atoms with Crippen LogP contribution in [-0.2, 0) is 0 Å². The van der Waals surface area contributed by atoms with Crippen LogP contribution in [0, 0.1) is 12.8 Å². The van der Waals surface area contributed by atoms with Crippen LogP contribution >= 0.6 is 0 Å². The zero-order valence-electron chi connectivity index (χ0n) is 10.6. The third kappa shape index (κ3) is 2.64. The Morgan fingerprint density at radius 1 is 1.50 bits per heavy atom. The van der Waals surface area contributed by atoms with Gasteiger partial charge in [0.25, 0.3) is 5.91 Å². The second-order valence-electron chi connectivity index (χ2n) is 4.94. The molecule has 1 aromatic rings. The second-order valence-corrected chi connectivity index (χ2v) is 4.94. The topological polar surface area (TPSA) is 60.8 Å². The minimum absolute atomic E-state index is 0.0662. The lowest BCUT2D eigenvalue weighted by Gasteiger charge is -2.32. The number of hydrogen-bond acceptors (Lipinski definition) is 3. The smallest absolute Gasteiger partial charge is 0.253 e. The Bertz CT molecular complexity index is 445. The minimum atomic E-state index is -0.0662. The number of aryl methyl sites for hydroxylation is 1. The first-order chi connectivity index (χ1) is 8.61. The Kier molecular flexibility index (Phi) is 3.87. The molecule has 0 radical (unpaired) electrons. The number of phenols is 1. The van der Waals surface area contributed by atoms with E-state index in [1.54, 1.807) is 24.0 Å². The van der Waals surface area contributed by atoms with Crippen LogP contribution < -0.4 is 0 Å². The van der Waals surface area contributed by atoms with Gasteiger partial charge in [-0.1, -0.05) is 6.07 Å². The molecule has 1 aromatic carbocycles. The molecule has 0 aromatic heterocycles. The Labute approximate surface area is 107 Å². The van der Waals surface area contributed by atoms with Gasteiger partial charge in [-0.05, 0) is 43.4 Å². The maximum absolute atomic E-state index is 12.3. The molecule has 98 valence electrons. The van der Waals surface area contributed by atoms with Crippen molar-refractivity contribution in [3.05, 3.63) is 29.3 Å². The summed E-state index contributed by atoms with van der Waals surface area (Å²) in [6.45, 7) is 3.25. The lowest BCUT2D eigenvalue weighted by molar-refractivity contribution is 0.0620. The van der Waals surface area contributed by atoms with Crippen molar-refractivity contribution in [2.24, 2.45) is 5.92 Å². The van der Waals surface area contributed by atoms with Crippen LogP contribution in [0.4, 0.5) is 0 Å². The normalized spacial score (nSPS) is 19.9. The van der Waals surface area contributed by atoms with Gasteiger partial charge < -0.3 is 15.1 Å². The summed E-state index contributed by atoms with van der Waals surface area (Å²) in [5, 5.41) is 18.8. The van der Waals surface area contributed by atoms with Crippen LogP contribution in [-0.4, -0.2) is 40.7 Å². The van der Waals surface area contributed by atoms with Gasteiger partial charge in [0.15, 0.2) is 0 Å². The molecule has 0 spiro atoms. The van der Waals surface area contributed by atoms with E-state index in [2.05, 4.69) is 0 Å². The molecular weight excluding hydrogens is 230 g/mol. The van der Waals surface area contributed by atoms with Crippen LogP contribution in [0.2, 0.25) is 0 Å². The third-order valence-electron chi connectivity index (χ3n) is 3.52. The Morgan fingerprint density at radius 3 is 2.94 bits per heavy atom. The first-order valence-corrected chi connectivity index (χ1v) is 6.31. The number of aromatic hydroxyl groups is 1. The summed E-state index contributed by atoms with van der Waals surface area (Å²) in [7, 11) is 0. The Hall–Kier alpha value is -1.55. The second kappa shape index (κ2) is 5.40. The van der Waals surface area contributed by atoms with Crippen molar-refractivity contribution in [1.82, 2.24) is 4.90 Å². The van der Waals surface area contributed by atoms with Gasteiger partial charge in [0, 0.05) is 25.3 Å². The van der Waals surface area contributed by atoms with Crippen LogP contribution in [0.15, 0.2) is 18.2 Å². The van der Waals surface area contributed by atoms with E-state index >= 15 is 0 Å². The van der Waals surface area contributed by atoms with E-state index in [0.717, 1.165) is 24.9 Å². The highest BCUT2D eigenvalue weighted by Crippen LogP contribution is 2.21. The molecule has 1 saturated heterocycles. The number of aliphatic hydroxyl groups is 1. The quantitative estimate of drug-likeness (QED) is 0.836. The number of rotatable bonds is 2. The molecular formula is C14H19NO3. The largest absolute Gasteiger partial charge is 0.508 e. The van der Waals surface area contributed by atoms with Crippen LogP contribution in [0.5, 0.6) is 5.75 Å². The number of benzene rings is 1. The van der Waals surface area contributed by atoms with E-state index in [-0.39, 0.29) is 24.2 Å². The molecule has 1 heterocycles. The molecule has 2 rings (SSSR count). The predicted octanol–water partition coefficient (Wildman–Crippen LogP) is 1.55. The SMILES string of the molecule is Cc1ccc(C(=O)N2CCCC(CO)C2)cc1O. The van der Waals surface area contributed by atoms with Crippen molar-refractivity contribution in [3.8, 4) is 5.75 Å². The van der Waals surface area contributed by atoms with Gasteiger partial charge in [0.1, 0.15) is 5.75 Å². The Morgan fingerprint density at radius 2 is 2.28 bits per heavy atom. The number of aliphatic hydroxyl groups excluding tert-OH is 1. The molecule has 1 fully saturated rings. The summed E-state index contributed by atoms with van der Waals surface area (Å²) in [5.74, 6) is 0.266. The summed E-state index contributed by atoms with van der Waals surface area (Å²) in [6, 6.07) is 5.00. The molecule has 1 amide bonds. The first-order valence-electron chi connectivity index (χ1n) is 6.31. The van der Waals surface area contributed by atoms with Crippen molar-refractivity contribution in [3.63, 3.8) is 0 Å². The van der Waals surface area contributed by atoms with Gasteiger partial charge in [0.05, 0.1) is 0 Å². The molecule has 0 bridgehead atoms. The van der Waals surface area contributed by atoms with Crippen LogP contribution in [0.25, 0.3) is 0 Å². The number of carbonyl (C=O) groups excluding carboxylic acids is 1. The highest BCUT2D eigenvalue weighted by atomic mass is 16.3. The van der Waals surface area contributed by atoms with Gasteiger partial charge in [-0.2, -0.15) is 0 Å². The van der Waals surface area contributed by atoms with Crippen molar-refractivity contribution in [2.75, 3.05) is 19.7 Å². The van der Waals surface area contributed by atoms with Gasteiger partial charge in [-0.3, -0.25) is 4.79 Å². The number of likely N-dealkylation sites (tertiary alicyclic amines) is 1. The van der Waals surface area contributed by atoms with Gasteiger partial charge in [-0.25, -0.2) is 0 Å². The zero-order chi connectivity index (χ0) is 13.1. The standard InChI is InChI=1S/C14H19NO3/c1-10-4-5-12(7-13(10)17)14(18)15-6-2-3-11(8-15)9-16/h4-5,7,11,16-17H,2-3,6,8-9H2,1H3. The third-order valence-corrected chi connectivity index (χ3v) is 3.52. The minimum Gasteiger partial charge on any atom is -0.508 e. The predicted molar refractivity (Wildman–Crippen MR) is 68.6 cm³/mol. The van der Waals surface area contributed by atoms with E-state index in [1.807, 2.05) is 0 Å². The number of nitrogens with zero attached hydrogens (tertiary/aromatic N) is 1. The average Bonchev–Trinajstić information content (AvgIpc) is 2.41. The zero-order valence-corrected chi connectivity index (χ0v) is 10.6. The number of piperidine rings is 1. The number of phenolic OH excluding ortho intramolecular Hbond substituents is 1. The van der Waals surface area contributed by atoms with E-state index in [0.29, 0.717) is 12.1 Å². The maximum Gasteiger partial charge on any atom is 0.253 e. The van der Waals surface area contributed by atoms with E-state index in [4.69, 9.17) is 5.11 Å². The summed E-state index contributed by atoms with van der Waals surface area (Å²) in [5.41, 5.74) is 1.27. The Balaban J connectivity index is 2.12. The van der Waals surface area contributed by atoms with Crippen molar-refractivity contribution >= 4 is 5.91 Å². The van der Waals surface area contributed by atoms with E-state index in [9.17, 15) is 9.90 Å². The summed E-state index contributed by atoms with van der Waals surface area (Å²) in [4.78, 5) is 14.0. The highest BCUT2D eigenvalue weighted by Gasteiger charge is 2.24. The number of carbonyl (C=O) groups is 1. The van der Waals surface area contributed by atoms with Gasteiger partial charge in [-0.15, -0.1) is 0 Å². The fourth-order valence-corrected chi connectivity index (χ4v) is 2.32. The molecule has 4 nitrogen and oxygen atoms in total. The van der Waals surface area contributed by atoms with Gasteiger partial charge >= 0.3 is 0 Å². The van der Waals surface area contributed by atoms with Crippen LogP contribution in [0.1, 0.15) is 28.8 Å². The number of amides is 1. The molecule has 4 heteroatoms. The summed E-state index contributed by atoms with van der Waals surface area (Å²) < 4.78 is 0. The molecule has 2 N–H and O–H groups in total. The van der Waals surface area contributed by atoms with Crippen molar-refractivity contribution in [2.45, 2.75) is 19.8 Å². The molecule has 1 unspecified atom stereocenters. The molecule has 0 aliphatic carbocycles. The van der Waals surface area contributed by atoms with Crippen molar-refractivity contribution < 1.29 is 15.0 Å². The maximum atomic E-state index is 12.3. The highest BCUT2D eigenvalue weighted by molar-refractivity contribution is 5.94. The summed E-state index contributed by atoms with van der Waals surface area (Å²) in [6.07, 6.45) is 1.90. The average molecular weight is 249 g/mol. The molecule has 18 heavy (non-hydrogen) atoms. The van der Waals surface area contributed by atoms with Crippen LogP contribution in [0.3, 0.4) is 0 Å². The van der Waals surface area contributed by atoms with Gasteiger partial charge in [0.2, 0.25) is 0 Å². The molecule has 1 atom stereocenters. The first kappa shape index (κ1) is 12.9. The molecule has 1 aliphatic rings. The summed E-state index contributed by atoms with van der Waals surface area (Å²) >= 11 is 0. The fourth-order valence-electron chi connectivity index (χ4n) is 2.32. The lowest BCUT2D eigenvalue weighted by Crippen LogP contribution is -2.40. The van der Waals surface area contributed by atoms with E-state index in [1.165, 1.54) is 6.07 Å².